The van der Waals surface area contributed by atoms with Crippen LogP contribution in [0.3, 0.4) is 0 Å². The number of aryl methyl sites for hydroxylation is 1. The SMILES string of the molecule is Cc1cc(C(=O)Nc2ccc(Cl)cc2Cl)sc1C#CCN. The Bertz CT molecular complexity index is 744. The van der Waals surface area contributed by atoms with Gasteiger partial charge in [-0.2, -0.15) is 0 Å². The van der Waals surface area contributed by atoms with Crippen molar-refractivity contribution in [2.45, 2.75) is 6.92 Å². The molecule has 2 rings (SSSR count). The van der Waals surface area contributed by atoms with E-state index in [4.69, 9.17) is 28.9 Å². The van der Waals surface area contributed by atoms with E-state index in [2.05, 4.69) is 17.2 Å². The van der Waals surface area contributed by atoms with Crippen LogP contribution < -0.4 is 11.1 Å². The van der Waals surface area contributed by atoms with Gasteiger partial charge in [-0.15, -0.1) is 11.3 Å². The zero-order chi connectivity index (χ0) is 15.4. The lowest BCUT2D eigenvalue weighted by Crippen LogP contribution is -2.10. The van der Waals surface area contributed by atoms with Gasteiger partial charge in [0.1, 0.15) is 0 Å². The smallest absolute Gasteiger partial charge is 0.265 e. The molecule has 0 unspecified atom stereocenters. The Morgan fingerprint density at radius 2 is 2.14 bits per heavy atom. The lowest BCUT2D eigenvalue weighted by Gasteiger charge is -2.05. The van der Waals surface area contributed by atoms with Crippen molar-refractivity contribution in [2.24, 2.45) is 5.73 Å². The van der Waals surface area contributed by atoms with Crippen LogP contribution in [0.4, 0.5) is 5.69 Å². The largest absolute Gasteiger partial charge is 0.320 e. The number of thiophene rings is 1. The predicted molar refractivity (Wildman–Crippen MR) is 89.4 cm³/mol. The van der Waals surface area contributed by atoms with Crippen molar-refractivity contribution >= 4 is 46.1 Å². The van der Waals surface area contributed by atoms with Crippen LogP contribution in [-0.2, 0) is 0 Å². The number of benzene rings is 1. The van der Waals surface area contributed by atoms with Crippen molar-refractivity contribution in [2.75, 3.05) is 11.9 Å². The minimum atomic E-state index is -0.229. The number of halogens is 2. The molecular weight excluding hydrogens is 327 g/mol. The highest BCUT2D eigenvalue weighted by molar-refractivity contribution is 7.14. The van der Waals surface area contributed by atoms with Crippen LogP contribution in [-0.4, -0.2) is 12.5 Å². The fraction of sp³-hybridized carbons (Fsp3) is 0.133. The number of carbonyl (C=O) groups is 1. The van der Waals surface area contributed by atoms with Crippen LogP contribution >= 0.6 is 34.5 Å². The number of nitrogens with two attached hydrogens (primary N) is 1. The first-order valence-corrected chi connectivity index (χ1v) is 7.64. The van der Waals surface area contributed by atoms with Gasteiger partial charge in [0.2, 0.25) is 0 Å². The molecule has 0 spiro atoms. The summed E-state index contributed by atoms with van der Waals surface area (Å²) in [5.41, 5.74) is 6.82. The molecule has 0 atom stereocenters. The minimum Gasteiger partial charge on any atom is -0.320 e. The fourth-order valence-corrected chi connectivity index (χ4v) is 3.02. The van der Waals surface area contributed by atoms with E-state index >= 15 is 0 Å². The summed E-state index contributed by atoms with van der Waals surface area (Å²) in [4.78, 5) is 13.6. The molecule has 1 amide bonds. The number of rotatable bonds is 2. The van der Waals surface area contributed by atoms with E-state index < -0.39 is 0 Å². The van der Waals surface area contributed by atoms with Crippen LogP contribution in [0.15, 0.2) is 24.3 Å². The summed E-state index contributed by atoms with van der Waals surface area (Å²) >= 11 is 13.2. The van der Waals surface area contributed by atoms with E-state index in [1.807, 2.05) is 6.92 Å². The summed E-state index contributed by atoms with van der Waals surface area (Å²) in [6.07, 6.45) is 0. The van der Waals surface area contributed by atoms with Gasteiger partial charge < -0.3 is 11.1 Å². The topological polar surface area (TPSA) is 55.1 Å². The Labute approximate surface area is 137 Å². The van der Waals surface area contributed by atoms with Gasteiger partial charge >= 0.3 is 0 Å². The van der Waals surface area contributed by atoms with E-state index in [9.17, 15) is 4.79 Å². The second kappa shape index (κ2) is 6.97. The lowest BCUT2D eigenvalue weighted by atomic mass is 10.2. The molecule has 0 aliphatic carbocycles. The van der Waals surface area contributed by atoms with Gasteiger partial charge in [0.05, 0.1) is 27.0 Å². The van der Waals surface area contributed by atoms with Gasteiger partial charge in [0.15, 0.2) is 0 Å². The molecular formula is C15H12Cl2N2OS. The van der Waals surface area contributed by atoms with Crippen LogP contribution in [0, 0.1) is 18.8 Å². The van der Waals surface area contributed by atoms with E-state index in [0.29, 0.717) is 27.2 Å². The molecule has 0 fully saturated rings. The molecule has 21 heavy (non-hydrogen) atoms. The van der Waals surface area contributed by atoms with Crippen molar-refractivity contribution < 1.29 is 4.79 Å². The molecule has 108 valence electrons. The number of carbonyl (C=O) groups excluding carboxylic acids is 1. The van der Waals surface area contributed by atoms with Gasteiger partial charge in [-0.25, -0.2) is 0 Å². The third-order valence-electron chi connectivity index (χ3n) is 2.62. The van der Waals surface area contributed by atoms with Crippen molar-refractivity contribution in [3.05, 3.63) is 49.6 Å². The first-order chi connectivity index (χ1) is 10.0. The number of nitrogens with one attached hydrogen (secondary N) is 1. The van der Waals surface area contributed by atoms with Crippen LogP contribution in [0.25, 0.3) is 0 Å². The third-order valence-corrected chi connectivity index (χ3v) is 4.32. The maximum absolute atomic E-state index is 12.2. The Morgan fingerprint density at radius 1 is 1.38 bits per heavy atom. The molecule has 3 N–H and O–H groups in total. The van der Waals surface area contributed by atoms with Crippen molar-refractivity contribution in [1.29, 1.82) is 0 Å². The third kappa shape index (κ3) is 3.99. The molecule has 0 saturated heterocycles. The summed E-state index contributed by atoms with van der Waals surface area (Å²) in [5, 5.41) is 3.67. The highest BCUT2D eigenvalue weighted by Crippen LogP contribution is 2.27. The zero-order valence-electron chi connectivity index (χ0n) is 11.2. The summed E-state index contributed by atoms with van der Waals surface area (Å²) < 4.78 is 0. The number of amides is 1. The molecule has 3 nitrogen and oxygen atoms in total. The molecule has 1 aromatic heterocycles. The van der Waals surface area contributed by atoms with Crippen molar-refractivity contribution in [1.82, 2.24) is 0 Å². The average molecular weight is 339 g/mol. The van der Waals surface area contributed by atoms with E-state index in [0.717, 1.165) is 10.4 Å². The number of anilines is 1. The van der Waals surface area contributed by atoms with Crippen LogP contribution in [0.5, 0.6) is 0 Å². The maximum Gasteiger partial charge on any atom is 0.265 e. The van der Waals surface area contributed by atoms with Crippen LogP contribution in [0.2, 0.25) is 10.0 Å². The molecule has 0 aliphatic heterocycles. The quantitative estimate of drug-likeness (QED) is 0.815. The average Bonchev–Trinajstić information content (AvgIpc) is 2.81. The number of hydrogen-bond acceptors (Lipinski definition) is 3. The van der Waals surface area contributed by atoms with Crippen molar-refractivity contribution in [3.63, 3.8) is 0 Å². The Morgan fingerprint density at radius 3 is 2.81 bits per heavy atom. The molecule has 2 aromatic rings. The Hall–Kier alpha value is -1.51. The van der Waals surface area contributed by atoms with Gasteiger partial charge in [-0.3, -0.25) is 4.79 Å². The van der Waals surface area contributed by atoms with Gasteiger partial charge in [0.25, 0.3) is 5.91 Å². The lowest BCUT2D eigenvalue weighted by molar-refractivity contribution is 0.103. The van der Waals surface area contributed by atoms with E-state index in [1.54, 1.807) is 24.3 Å². The normalized spacial score (nSPS) is 9.90. The Kier molecular flexibility index (Phi) is 5.27. The standard InChI is InChI=1S/C15H12Cl2N2OS/c1-9-7-14(21-13(9)3-2-6-18)15(20)19-12-5-4-10(16)8-11(12)17/h4-5,7-8H,6,18H2,1H3,(H,19,20). The zero-order valence-corrected chi connectivity index (χ0v) is 13.5. The monoisotopic (exact) mass is 338 g/mol. The summed E-state index contributed by atoms with van der Waals surface area (Å²) in [6, 6.07) is 6.71. The second-order valence-corrected chi connectivity index (χ2v) is 6.10. The summed E-state index contributed by atoms with van der Waals surface area (Å²) in [5.74, 6) is 5.51. The number of hydrogen-bond donors (Lipinski definition) is 2. The molecule has 1 heterocycles. The maximum atomic E-state index is 12.2. The highest BCUT2D eigenvalue weighted by atomic mass is 35.5. The summed E-state index contributed by atoms with van der Waals surface area (Å²) in [6.45, 7) is 2.20. The highest BCUT2D eigenvalue weighted by Gasteiger charge is 2.13. The molecule has 0 radical (unpaired) electrons. The van der Waals surface area contributed by atoms with Gasteiger partial charge in [-0.1, -0.05) is 35.0 Å². The molecule has 6 heteroatoms. The van der Waals surface area contributed by atoms with E-state index in [-0.39, 0.29) is 5.91 Å². The first-order valence-electron chi connectivity index (χ1n) is 6.07. The van der Waals surface area contributed by atoms with Gasteiger partial charge in [-0.05, 0) is 36.8 Å². The predicted octanol–water partition coefficient (Wildman–Crippen LogP) is 3.93. The Balaban J connectivity index is 2.21. The molecule has 0 saturated carbocycles. The first kappa shape index (κ1) is 15.9. The molecule has 0 bridgehead atoms. The minimum absolute atomic E-state index is 0.229. The van der Waals surface area contributed by atoms with E-state index in [1.165, 1.54) is 11.3 Å². The second-order valence-electron chi connectivity index (χ2n) is 4.21. The fourth-order valence-electron chi connectivity index (χ4n) is 1.62. The van der Waals surface area contributed by atoms with Crippen molar-refractivity contribution in [3.8, 4) is 11.8 Å². The van der Waals surface area contributed by atoms with Crippen LogP contribution in [0.1, 0.15) is 20.1 Å². The molecule has 1 aromatic carbocycles. The summed E-state index contributed by atoms with van der Waals surface area (Å²) in [7, 11) is 0. The van der Waals surface area contributed by atoms with Gasteiger partial charge in [0, 0.05) is 5.02 Å². The molecule has 0 aliphatic rings.